The Balaban J connectivity index is 1.65. The summed E-state index contributed by atoms with van der Waals surface area (Å²) in [6.07, 6.45) is -10.7. The summed E-state index contributed by atoms with van der Waals surface area (Å²) in [4.78, 5) is 0. The van der Waals surface area contributed by atoms with E-state index in [1.807, 2.05) is 0 Å². The highest BCUT2D eigenvalue weighted by Gasteiger charge is 2.32. The third-order valence-electron chi connectivity index (χ3n) is 6.11. The highest BCUT2D eigenvalue weighted by atomic mass is 35.5. The van der Waals surface area contributed by atoms with Crippen LogP contribution in [0.15, 0.2) is 84.9 Å². The van der Waals surface area contributed by atoms with Crippen LogP contribution in [0.4, 0.5) is 30.7 Å². The second-order valence-electron chi connectivity index (χ2n) is 8.94. The molecule has 0 saturated heterocycles. The third kappa shape index (κ3) is 7.51. The first-order valence-electron chi connectivity index (χ1n) is 11.9. The number of rotatable bonds is 8. The summed E-state index contributed by atoms with van der Waals surface area (Å²) in [6, 6.07) is 15.7. The Labute approximate surface area is 240 Å². The van der Waals surface area contributed by atoms with Crippen LogP contribution in [-0.2, 0) is 12.4 Å². The fourth-order valence-electron chi connectivity index (χ4n) is 4.03. The maximum atomic E-state index is 15.1. The van der Waals surface area contributed by atoms with E-state index in [2.05, 4.69) is 5.32 Å². The average molecular weight is 618 g/mol. The number of aliphatic hydroxyl groups is 1. The van der Waals surface area contributed by atoms with Crippen molar-refractivity contribution in [1.82, 2.24) is 5.32 Å². The fraction of sp³-hybridized carbons (Fsp3) is 0.172. The van der Waals surface area contributed by atoms with E-state index in [-0.39, 0.29) is 39.2 Å². The van der Waals surface area contributed by atoms with Gasteiger partial charge in [-0.3, -0.25) is 0 Å². The zero-order valence-corrected chi connectivity index (χ0v) is 22.2. The van der Waals surface area contributed by atoms with Gasteiger partial charge in [0.15, 0.2) is 0 Å². The van der Waals surface area contributed by atoms with E-state index in [0.717, 1.165) is 36.4 Å². The smallest absolute Gasteiger partial charge is 0.416 e. The van der Waals surface area contributed by atoms with Crippen molar-refractivity contribution in [2.75, 3.05) is 6.54 Å². The Morgan fingerprint density at radius 2 is 1.39 bits per heavy atom. The number of aliphatic hydroxyl groups excluding tert-OH is 1. The topological polar surface area (TPSA) is 41.5 Å². The predicted molar refractivity (Wildman–Crippen MR) is 141 cm³/mol. The Bertz CT molecular complexity index is 1510. The molecular weight excluding hydrogens is 598 g/mol. The molecule has 0 aromatic heterocycles. The number of alkyl halides is 6. The first-order valence-corrected chi connectivity index (χ1v) is 12.7. The summed E-state index contributed by atoms with van der Waals surface area (Å²) in [5.74, 6) is -0.695. The van der Waals surface area contributed by atoms with Crippen LogP contribution in [-0.4, -0.2) is 11.7 Å². The van der Waals surface area contributed by atoms with Crippen LogP contribution in [0, 0.1) is 5.82 Å². The monoisotopic (exact) mass is 617 g/mol. The normalized spacial score (nSPS) is 13.6. The SMILES string of the molecule is OC(CNC(c1cccc(Oc2cccc(Cl)c2Cl)c1)c1ccc(C(F)(F)F)cc1F)c1ccc(C(F)(F)F)cc1. The molecule has 0 fully saturated rings. The van der Waals surface area contributed by atoms with Crippen molar-refractivity contribution in [3.8, 4) is 11.5 Å². The number of hydrogen-bond donors (Lipinski definition) is 2. The molecule has 12 heteroatoms. The van der Waals surface area contributed by atoms with E-state index in [0.29, 0.717) is 11.6 Å². The lowest BCUT2D eigenvalue weighted by Gasteiger charge is -2.24. The Morgan fingerprint density at radius 1 is 0.756 bits per heavy atom. The van der Waals surface area contributed by atoms with Crippen molar-refractivity contribution < 1.29 is 40.6 Å². The number of hydrogen-bond acceptors (Lipinski definition) is 3. The molecule has 41 heavy (non-hydrogen) atoms. The van der Waals surface area contributed by atoms with Gasteiger partial charge in [0.25, 0.3) is 0 Å². The van der Waals surface area contributed by atoms with Gasteiger partial charge in [-0.15, -0.1) is 0 Å². The zero-order chi connectivity index (χ0) is 29.9. The van der Waals surface area contributed by atoms with Crippen molar-refractivity contribution in [2.45, 2.75) is 24.5 Å². The van der Waals surface area contributed by atoms with Gasteiger partial charge in [0.2, 0.25) is 0 Å². The summed E-state index contributed by atoms with van der Waals surface area (Å²) in [6.45, 7) is -0.290. The molecule has 4 aromatic carbocycles. The van der Waals surface area contributed by atoms with Crippen molar-refractivity contribution in [3.05, 3.63) is 129 Å². The van der Waals surface area contributed by atoms with Crippen LogP contribution < -0.4 is 10.1 Å². The molecule has 4 aromatic rings. The molecule has 0 radical (unpaired) electrons. The number of ether oxygens (including phenoxy) is 1. The quantitative estimate of drug-likeness (QED) is 0.194. The van der Waals surface area contributed by atoms with E-state index in [4.69, 9.17) is 27.9 Å². The van der Waals surface area contributed by atoms with Crippen LogP contribution in [0.25, 0.3) is 0 Å². The third-order valence-corrected chi connectivity index (χ3v) is 6.91. The lowest BCUT2D eigenvalue weighted by Crippen LogP contribution is -2.28. The van der Waals surface area contributed by atoms with Crippen LogP contribution in [0.3, 0.4) is 0 Å². The van der Waals surface area contributed by atoms with Gasteiger partial charge in [-0.2, -0.15) is 26.3 Å². The Hall–Kier alpha value is -3.31. The standard InChI is InChI=1S/C29H20Cl2F7NO2/c30-22-5-2-6-25(26(22)31)41-20-4-1-3-17(13-20)27(21-12-11-19(14-23(21)32)29(36,37)38)39-15-24(40)16-7-9-18(10-8-16)28(33,34)35/h1-14,24,27,39-40H,15H2. The molecular formula is C29H20Cl2F7NO2. The number of benzene rings is 4. The number of nitrogens with one attached hydrogen (secondary N) is 1. The molecule has 2 N–H and O–H groups in total. The van der Waals surface area contributed by atoms with Crippen molar-refractivity contribution in [1.29, 1.82) is 0 Å². The molecule has 4 rings (SSSR count). The lowest BCUT2D eigenvalue weighted by atomic mass is 9.96. The van der Waals surface area contributed by atoms with E-state index in [9.17, 15) is 31.4 Å². The maximum Gasteiger partial charge on any atom is 0.416 e. The first kappa shape index (κ1) is 30.6. The summed E-state index contributed by atoms with van der Waals surface area (Å²) in [5.41, 5.74) is -1.77. The van der Waals surface area contributed by atoms with Crippen LogP contribution in [0.5, 0.6) is 11.5 Å². The highest BCUT2D eigenvalue weighted by molar-refractivity contribution is 6.42. The van der Waals surface area contributed by atoms with Gasteiger partial charge >= 0.3 is 12.4 Å². The molecule has 0 aliphatic carbocycles. The minimum Gasteiger partial charge on any atom is -0.456 e. The summed E-state index contributed by atoms with van der Waals surface area (Å²) < 4.78 is 99.1. The molecule has 0 bridgehead atoms. The summed E-state index contributed by atoms with van der Waals surface area (Å²) >= 11 is 12.2. The van der Waals surface area contributed by atoms with Gasteiger partial charge in [-0.1, -0.05) is 59.6 Å². The molecule has 0 aliphatic rings. The molecule has 0 spiro atoms. The Kier molecular flexibility index (Phi) is 9.18. The second-order valence-corrected chi connectivity index (χ2v) is 9.72. The van der Waals surface area contributed by atoms with Crippen LogP contribution in [0.1, 0.15) is 40.0 Å². The Morgan fingerprint density at radius 3 is 2.02 bits per heavy atom. The predicted octanol–water partition coefficient (Wildman–Crippen LogP) is 9.37. The molecule has 0 aliphatic heterocycles. The summed E-state index contributed by atoms with van der Waals surface area (Å²) in [7, 11) is 0. The van der Waals surface area contributed by atoms with Crippen LogP contribution in [0.2, 0.25) is 10.0 Å². The average Bonchev–Trinajstić information content (AvgIpc) is 2.91. The van der Waals surface area contributed by atoms with Crippen molar-refractivity contribution in [3.63, 3.8) is 0 Å². The van der Waals surface area contributed by atoms with Gasteiger partial charge in [0.1, 0.15) is 22.3 Å². The lowest BCUT2D eigenvalue weighted by molar-refractivity contribution is -0.138. The van der Waals surface area contributed by atoms with Crippen LogP contribution >= 0.6 is 23.2 Å². The van der Waals surface area contributed by atoms with E-state index in [1.165, 1.54) is 6.07 Å². The highest BCUT2D eigenvalue weighted by Crippen LogP contribution is 2.37. The molecule has 216 valence electrons. The minimum absolute atomic E-state index is 0.141. The minimum atomic E-state index is -4.77. The first-order chi connectivity index (χ1) is 19.2. The summed E-state index contributed by atoms with van der Waals surface area (Å²) in [5, 5.41) is 13.9. The zero-order valence-electron chi connectivity index (χ0n) is 20.7. The van der Waals surface area contributed by atoms with Gasteiger partial charge in [-0.05, 0) is 59.7 Å². The van der Waals surface area contributed by atoms with Crippen molar-refractivity contribution >= 4 is 23.2 Å². The van der Waals surface area contributed by atoms with Gasteiger partial charge in [0.05, 0.1) is 28.3 Å². The van der Waals surface area contributed by atoms with Gasteiger partial charge in [-0.25, -0.2) is 4.39 Å². The fourth-order valence-corrected chi connectivity index (χ4v) is 4.36. The van der Waals surface area contributed by atoms with Gasteiger partial charge in [0, 0.05) is 12.1 Å². The van der Waals surface area contributed by atoms with Crippen molar-refractivity contribution in [2.24, 2.45) is 0 Å². The maximum absolute atomic E-state index is 15.1. The number of halogens is 9. The molecule has 0 amide bonds. The largest absolute Gasteiger partial charge is 0.456 e. The van der Waals surface area contributed by atoms with E-state index in [1.54, 1.807) is 36.4 Å². The molecule has 0 heterocycles. The van der Waals surface area contributed by atoms with Gasteiger partial charge < -0.3 is 15.2 Å². The van der Waals surface area contributed by atoms with E-state index >= 15 is 4.39 Å². The molecule has 2 unspecified atom stereocenters. The molecule has 2 atom stereocenters. The van der Waals surface area contributed by atoms with E-state index < -0.39 is 41.4 Å². The molecule has 0 saturated carbocycles. The molecule has 3 nitrogen and oxygen atoms in total. The second kappa shape index (κ2) is 12.3.